The van der Waals surface area contributed by atoms with E-state index in [1.165, 1.54) is 18.2 Å². The maximum atomic E-state index is 13.9. The fraction of sp³-hybridized carbons (Fsp3) is 0.318. The monoisotopic (exact) mass is 384 g/mol. The van der Waals surface area contributed by atoms with Gasteiger partial charge in [-0.25, -0.2) is 13.8 Å². The lowest BCUT2D eigenvalue weighted by atomic mass is 9.88. The normalized spacial score (nSPS) is 21.8. The Labute approximate surface area is 162 Å². The maximum Gasteiger partial charge on any atom is 0.222 e. The van der Waals surface area contributed by atoms with Crippen LogP contribution in [0, 0.1) is 17.0 Å². The topological polar surface area (TPSA) is 42.8 Å². The van der Waals surface area contributed by atoms with Gasteiger partial charge in [-0.15, -0.1) is 0 Å². The standard InChI is InChI=1S/C22H22F2N2O2/c1-22(2,3)19-11-17(26-28-19)13-7-9-14(10-8-13)18-12-27-21(25-18)20-15(23)5-4-6-16(20)24/h4-11,18-19,26H,12H2,1-3H3. The first kappa shape index (κ1) is 18.6. The van der Waals surface area contributed by atoms with Crippen molar-refractivity contribution in [2.45, 2.75) is 32.9 Å². The van der Waals surface area contributed by atoms with Crippen LogP contribution in [0.25, 0.3) is 5.70 Å². The Hall–Kier alpha value is -2.73. The summed E-state index contributed by atoms with van der Waals surface area (Å²) in [5.74, 6) is -1.35. The van der Waals surface area contributed by atoms with Crippen molar-refractivity contribution in [1.82, 2.24) is 5.48 Å². The highest BCUT2D eigenvalue weighted by atomic mass is 19.1. The number of hydroxylamine groups is 1. The number of nitrogens with one attached hydrogen (secondary N) is 1. The first-order valence-electron chi connectivity index (χ1n) is 9.22. The van der Waals surface area contributed by atoms with Crippen LogP contribution < -0.4 is 5.48 Å². The summed E-state index contributed by atoms with van der Waals surface area (Å²) in [6.07, 6.45) is 2.07. The average molecular weight is 384 g/mol. The van der Waals surface area contributed by atoms with Gasteiger partial charge in [0.2, 0.25) is 5.90 Å². The van der Waals surface area contributed by atoms with Crippen LogP contribution in [0.2, 0.25) is 0 Å². The van der Waals surface area contributed by atoms with Gasteiger partial charge in [0.05, 0.1) is 5.70 Å². The first-order valence-corrected chi connectivity index (χ1v) is 9.22. The minimum atomic E-state index is -0.678. The van der Waals surface area contributed by atoms with Crippen LogP contribution in [0.15, 0.2) is 53.5 Å². The summed E-state index contributed by atoms with van der Waals surface area (Å²) in [7, 11) is 0. The Morgan fingerprint density at radius 1 is 1.04 bits per heavy atom. The highest BCUT2D eigenvalue weighted by Crippen LogP contribution is 2.31. The lowest BCUT2D eigenvalue weighted by Crippen LogP contribution is -2.26. The van der Waals surface area contributed by atoms with E-state index in [1.54, 1.807) is 0 Å². The molecule has 2 aliphatic rings. The van der Waals surface area contributed by atoms with Crippen LogP contribution in [0.3, 0.4) is 0 Å². The van der Waals surface area contributed by atoms with Gasteiger partial charge >= 0.3 is 0 Å². The van der Waals surface area contributed by atoms with Gasteiger partial charge in [-0.2, -0.15) is 0 Å². The van der Waals surface area contributed by atoms with E-state index in [0.717, 1.165) is 16.8 Å². The number of hydrogen-bond acceptors (Lipinski definition) is 4. The van der Waals surface area contributed by atoms with Gasteiger partial charge in [0.25, 0.3) is 0 Å². The van der Waals surface area contributed by atoms with Gasteiger partial charge in [0.1, 0.15) is 36.0 Å². The van der Waals surface area contributed by atoms with Gasteiger partial charge in [0, 0.05) is 0 Å². The molecule has 0 aromatic heterocycles. The van der Waals surface area contributed by atoms with Crippen molar-refractivity contribution in [3.05, 3.63) is 76.9 Å². The Balaban J connectivity index is 1.53. The molecule has 0 radical (unpaired) electrons. The number of rotatable bonds is 3. The molecule has 2 heterocycles. The van der Waals surface area contributed by atoms with Gasteiger partial charge < -0.3 is 4.74 Å². The third-order valence-electron chi connectivity index (χ3n) is 4.90. The fourth-order valence-electron chi connectivity index (χ4n) is 3.20. The van der Waals surface area contributed by atoms with Gasteiger partial charge in [-0.1, -0.05) is 51.1 Å². The van der Waals surface area contributed by atoms with Gasteiger partial charge in [-0.3, -0.25) is 10.3 Å². The molecule has 28 heavy (non-hydrogen) atoms. The summed E-state index contributed by atoms with van der Waals surface area (Å²) in [6.45, 7) is 6.61. The van der Waals surface area contributed by atoms with Crippen LogP contribution in [0.1, 0.15) is 43.5 Å². The smallest absolute Gasteiger partial charge is 0.222 e. The highest BCUT2D eigenvalue weighted by Gasteiger charge is 2.29. The Bertz CT molecular complexity index is 926. The second-order valence-electron chi connectivity index (χ2n) is 8.07. The molecule has 2 aromatic carbocycles. The summed E-state index contributed by atoms with van der Waals surface area (Å²) in [4.78, 5) is 10.0. The Morgan fingerprint density at radius 2 is 1.71 bits per heavy atom. The highest BCUT2D eigenvalue weighted by molar-refractivity contribution is 5.95. The lowest BCUT2D eigenvalue weighted by Gasteiger charge is -2.23. The summed E-state index contributed by atoms with van der Waals surface area (Å²) in [6, 6.07) is 11.2. The molecule has 6 heteroatoms. The molecule has 0 spiro atoms. The SMILES string of the molecule is CC(C)(C)C1C=C(c2ccc(C3COC(c4c(F)cccc4F)=N3)cc2)NO1. The molecule has 0 bridgehead atoms. The summed E-state index contributed by atoms with van der Waals surface area (Å²) < 4.78 is 33.4. The molecular formula is C22H22F2N2O2. The molecule has 2 atom stereocenters. The molecular weight excluding hydrogens is 362 g/mol. The molecule has 2 aliphatic heterocycles. The summed E-state index contributed by atoms with van der Waals surface area (Å²) in [5, 5.41) is 0. The van der Waals surface area contributed by atoms with E-state index in [2.05, 4.69) is 37.3 Å². The first-order chi connectivity index (χ1) is 13.3. The predicted octanol–water partition coefficient (Wildman–Crippen LogP) is 4.77. The molecule has 0 aliphatic carbocycles. The second kappa shape index (κ2) is 7.02. The van der Waals surface area contributed by atoms with Crippen LogP contribution in [0.4, 0.5) is 8.78 Å². The van der Waals surface area contributed by atoms with Crippen molar-refractivity contribution in [3.63, 3.8) is 0 Å². The summed E-state index contributed by atoms with van der Waals surface area (Å²) in [5.41, 5.74) is 5.61. The number of halogens is 2. The number of ether oxygens (including phenoxy) is 1. The van der Waals surface area contributed by atoms with E-state index in [9.17, 15) is 8.78 Å². The van der Waals surface area contributed by atoms with Crippen molar-refractivity contribution < 1.29 is 18.4 Å². The van der Waals surface area contributed by atoms with E-state index in [1.807, 2.05) is 24.3 Å². The molecule has 146 valence electrons. The molecule has 2 unspecified atom stereocenters. The van der Waals surface area contributed by atoms with E-state index >= 15 is 0 Å². The van der Waals surface area contributed by atoms with Crippen molar-refractivity contribution in [2.75, 3.05) is 6.61 Å². The Morgan fingerprint density at radius 3 is 2.32 bits per heavy atom. The third-order valence-corrected chi connectivity index (χ3v) is 4.90. The zero-order chi connectivity index (χ0) is 19.9. The van der Waals surface area contributed by atoms with Gasteiger partial charge in [-0.05, 0) is 34.8 Å². The van der Waals surface area contributed by atoms with Crippen molar-refractivity contribution in [2.24, 2.45) is 10.4 Å². The predicted molar refractivity (Wildman–Crippen MR) is 103 cm³/mol. The molecule has 2 aromatic rings. The largest absolute Gasteiger partial charge is 0.475 e. The van der Waals surface area contributed by atoms with Crippen molar-refractivity contribution in [3.8, 4) is 0 Å². The second-order valence-corrected chi connectivity index (χ2v) is 8.07. The lowest BCUT2D eigenvalue weighted by molar-refractivity contribution is -0.00942. The molecule has 0 amide bonds. The molecule has 1 N–H and O–H groups in total. The van der Waals surface area contributed by atoms with Crippen molar-refractivity contribution >= 4 is 11.6 Å². The number of hydrogen-bond donors (Lipinski definition) is 1. The minimum absolute atomic E-state index is 0.00295. The molecule has 4 rings (SSSR count). The zero-order valence-electron chi connectivity index (χ0n) is 16.0. The van der Waals surface area contributed by atoms with Crippen LogP contribution >= 0.6 is 0 Å². The van der Waals surface area contributed by atoms with E-state index in [0.29, 0.717) is 0 Å². The van der Waals surface area contributed by atoms with Crippen LogP contribution in [-0.2, 0) is 9.57 Å². The molecule has 0 saturated heterocycles. The van der Waals surface area contributed by atoms with Gasteiger partial charge in [0.15, 0.2) is 0 Å². The minimum Gasteiger partial charge on any atom is -0.475 e. The fourth-order valence-corrected chi connectivity index (χ4v) is 3.20. The molecule has 0 fully saturated rings. The number of aliphatic imine (C=N–C) groups is 1. The molecule has 0 saturated carbocycles. The van der Waals surface area contributed by atoms with E-state index in [4.69, 9.17) is 9.57 Å². The maximum absolute atomic E-state index is 13.9. The zero-order valence-corrected chi connectivity index (χ0v) is 16.0. The van der Waals surface area contributed by atoms with E-state index < -0.39 is 11.6 Å². The van der Waals surface area contributed by atoms with E-state index in [-0.39, 0.29) is 35.6 Å². The number of nitrogens with zero attached hydrogens (tertiary/aromatic N) is 1. The van der Waals surface area contributed by atoms with Crippen LogP contribution in [-0.4, -0.2) is 18.6 Å². The number of benzene rings is 2. The third kappa shape index (κ3) is 3.52. The van der Waals surface area contributed by atoms with Crippen molar-refractivity contribution in [1.29, 1.82) is 0 Å². The quantitative estimate of drug-likeness (QED) is 0.829. The Kier molecular flexibility index (Phi) is 4.67. The molecule has 4 nitrogen and oxygen atoms in total. The average Bonchev–Trinajstić information content (AvgIpc) is 3.32. The van der Waals surface area contributed by atoms with Crippen LogP contribution in [0.5, 0.6) is 0 Å². The summed E-state index contributed by atoms with van der Waals surface area (Å²) >= 11 is 0.